The van der Waals surface area contributed by atoms with Gasteiger partial charge in [0.1, 0.15) is 0 Å². The van der Waals surface area contributed by atoms with Gasteiger partial charge in [0.15, 0.2) is 0 Å². The number of sulfonamides is 1. The summed E-state index contributed by atoms with van der Waals surface area (Å²) in [4.78, 5) is 2.14. The molecule has 1 N–H and O–H groups in total. The molecule has 2 aliphatic heterocycles. The molecule has 1 atom stereocenters. The van der Waals surface area contributed by atoms with Crippen molar-refractivity contribution in [1.29, 1.82) is 0 Å². The quantitative estimate of drug-likeness (QED) is 0.363. The first kappa shape index (κ1) is 30.0. The van der Waals surface area contributed by atoms with Gasteiger partial charge in [-0.15, -0.1) is 12.6 Å². The average molecular weight is 599 g/mol. The topological polar surface area (TPSA) is 70.1 Å². The van der Waals surface area contributed by atoms with Crippen molar-refractivity contribution in [2.75, 3.05) is 37.7 Å². The molecule has 0 amide bonds. The fraction of sp³-hybridized carbons (Fsp3) is 0.520. The lowest BCUT2D eigenvalue weighted by atomic mass is 9.90. The molecule has 2 aliphatic rings. The van der Waals surface area contributed by atoms with E-state index in [-0.39, 0.29) is 30.4 Å². The van der Waals surface area contributed by atoms with E-state index < -0.39 is 39.6 Å². The lowest BCUT2D eigenvalue weighted by molar-refractivity contribution is -0.376. The molecule has 4 rings (SSSR count). The van der Waals surface area contributed by atoms with Crippen molar-refractivity contribution in [3.63, 3.8) is 0 Å². The zero-order valence-electron chi connectivity index (χ0n) is 20.6. The number of thiol groups is 1. The van der Waals surface area contributed by atoms with Gasteiger partial charge in [0, 0.05) is 55.0 Å². The first-order valence-electron chi connectivity index (χ1n) is 12.2. The number of nitrogens with zero attached hydrogens (tertiary/aromatic N) is 2. The summed E-state index contributed by atoms with van der Waals surface area (Å²) in [5.74, 6) is 0.200. The summed E-state index contributed by atoms with van der Waals surface area (Å²) in [6.45, 7) is 1.37. The number of anilines is 1. The SMILES string of the molecule is O=S(=O)(c1ccccc1S)N1CCN(c2ccc(C(O)(C(F)(F)F)C(F)(F)F)cc2)[C@@H](CC2CCOCC2)C1. The van der Waals surface area contributed by atoms with Gasteiger partial charge in [0.2, 0.25) is 10.0 Å². The van der Waals surface area contributed by atoms with E-state index in [1.165, 1.54) is 10.4 Å². The molecule has 0 radical (unpaired) electrons. The second-order valence-corrected chi connectivity index (χ2v) is 12.1. The van der Waals surface area contributed by atoms with Crippen LogP contribution >= 0.6 is 12.6 Å². The van der Waals surface area contributed by atoms with Crippen molar-refractivity contribution in [2.45, 2.75) is 53.0 Å². The number of piperazine rings is 1. The van der Waals surface area contributed by atoms with Crippen molar-refractivity contribution in [3.05, 3.63) is 54.1 Å². The Morgan fingerprint density at radius 1 is 0.923 bits per heavy atom. The summed E-state index contributed by atoms with van der Waals surface area (Å²) in [6.07, 6.45) is -9.92. The maximum atomic E-state index is 13.4. The molecule has 0 saturated carbocycles. The van der Waals surface area contributed by atoms with E-state index in [4.69, 9.17) is 4.74 Å². The van der Waals surface area contributed by atoms with E-state index in [2.05, 4.69) is 12.6 Å². The van der Waals surface area contributed by atoms with Crippen LogP contribution in [0.5, 0.6) is 0 Å². The van der Waals surface area contributed by atoms with Gasteiger partial charge in [-0.25, -0.2) is 8.42 Å². The standard InChI is InChI=1S/C25H28F6N2O4S2/c26-24(27,28)23(34,25(29,30)31)18-5-7-19(8-6-18)33-12-11-32(16-20(33)15-17-9-13-37-14-10-17)39(35,36)22-4-2-1-3-21(22)38/h1-8,17,20,34,38H,9-16H2/t20-/m0/s1. The molecule has 2 aromatic rings. The van der Waals surface area contributed by atoms with Crippen molar-refractivity contribution in [3.8, 4) is 0 Å². The lowest BCUT2D eigenvalue weighted by Crippen LogP contribution is -2.55. The number of aliphatic hydroxyl groups is 1. The van der Waals surface area contributed by atoms with E-state index in [0.717, 1.165) is 25.0 Å². The smallest absolute Gasteiger partial charge is 0.381 e. The third-order valence-electron chi connectivity index (χ3n) is 7.31. The number of alkyl halides is 6. The van der Waals surface area contributed by atoms with Gasteiger partial charge in [0.25, 0.3) is 5.60 Å². The molecule has 0 spiro atoms. The molecule has 14 heteroatoms. The van der Waals surface area contributed by atoms with Gasteiger partial charge in [-0.2, -0.15) is 30.6 Å². The maximum Gasteiger partial charge on any atom is 0.430 e. The Bertz CT molecular complexity index is 1230. The summed E-state index contributed by atoms with van der Waals surface area (Å²) < 4.78 is 114. The Balaban J connectivity index is 1.64. The molecule has 2 heterocycles. The van der Waals surface area contributed by atoms with Crippen molar-refractivity contribution >= 4 is 28.3 Å². The monoisotopic (exact) mass is 598 g/mol. The zero-order chi connectivity index (χ0) is 28.6. The summed E-state index contributed by atoms with van der Waals surface area (Å²) in [6, 6.07) is 9.30. The Morgan fingerprint density at radius 3 is 2.08 bits per heavy atom. The Kier molecular flexibility index (Phi) is 8.54. The zero-order valence-corrected chi connectivity index (χ0v) is 22.3. The average Bonchev–Trinajstić information content (AvgIpc) is 2.88. The van der Waals surface area contributed by atoms with Crippen LogP contribution in [0.3, 0.4) is 0 Å². The first-order valence-corrected chi connectivity index (χ1v) is 14.1. The number of rotatable bonds is 6. The minimum absolute atomic E-state index is 0.0471. The minimum Gasteiger partial charge on any atom is -0.381 e. The van der Waals surface area contributed by atoms with Crippen LogP contribution in [-0.2, 0) is 20.4 Å². The number of hydrogen-bond donors (Lipinski definition) is 2. The maximum absolute atomic E-state index is 13.4. The van der Waals surface area contributed by atoms with E-state index in [9.17, 15) is 39.9 Å². The lowest BCUT2D eigenvalue weighted by Gasteiger charge is -2.44. The van der Waals surface area contributed by atoms with Crippen molar-refractivity contribution in [1.82, 2.24) is 4.31 Å². The van der Waals surface area contributed by atoms with Gasteiger partial charge in [-0.1, -0.05) is 24.3 Å². The van der Waals surface area contributed by atoms with E-state index in [1.54, 1.807) is 23.1 Å². The van der Waals surface area contributed by atoms with Crippen LogP contribution < -0.4 is 4.90 Å². The summed E-state index contributed by atoms with van der Waals surface area (Å²) in [5.41, 5.74) is -6.04. The second-order valence-electron chi connectivity index (χ2n) is 9.72. The van der Waals surface area contributed by atoms with E-state index in [1.807, 2.05) is 0 Å². The second kappa shape index (κ2) is 11.1. The fourth-order valence-corrected chi connectivity index (χ4v) is 7.21. The largest absolute Gasteiger partial charge is 0.430 e. The van der Waals surface area contributed by atoms with Gasteiger partial charge < -0.3 is 14.7 Å². The summed E-state index contributed by atoms with van der Waals surface area (Å²) in [5, 5.41) is 9.73. The highest BCUT2D eigenvalue weighted by molar-refractivity contribution is 7.90. The van der Waals surface area contributed by atoms with Crippen LogP contribution in [0.2, 0.25) is 0 Å². The first-order chi connectivity index (χ1) is 18.2. The molecular weight excluding hydrogens is 570 g/mol. The van der Waals surface area contributed by atoms with Gasteiger partial charge >= 0.3 is 12.4 Å². The molecule has 0 aliphatic carbocycles. The van der Waals surface area contributed by atoms with Crippen LogP contribution in [0.4, 0.5) is 32.0 Å². The molecule has 39 heavy (non-hydrogen) atoms. The van der Waals surface area contributed by atoms with Gasteiger partial charge in [-0.3, -0.25) is 0 Å². The Morgan fingerprint density at radius 2 is 1.51 bits per heavy atom. The molecule has 2 saturated heterocycles. The van der Waals surface area contributed by atoms with Crippen molar-refractivity contribution < 1.29 is 44.6 Å². The number of ether oxygens (including phenoxy) is 1. The predicted molar refractivity (Wildman–Crippen MR) is 134 cm³/mol. The number of halogens is 6. The highest BCUT2D eigenvalue weighted by atomic mass is 32.2. The molecule has 0 unspecified atom stereocenters. The Labute approximate surface area is 228 Å². The van der Waals surface area contributed by atoms with Crippen LogP contribution in [0.25, 0.3) is 0 Å². The van der Waals surface area contributed by atoms with Crippen LogP contribution in [0, 0.1) is 5.92 Å². The van der Waals surface area contributed by atoms with Crippen LogP contribution in [0.1, 0.15) is 24.8 Å². The Hall–Kier alpha value is -2.00. The third kappa shape index (κ3) is 5.90. The molecule has 2 fully saturated rings. The molecule has 2 aromatic carbocycles. The third-order valence-corrected chi connectivity index (χ3v) is 9.78. The molecule has 0 aromatic heterocycles. The van der Waals surface area contributed by atoms with Crippen molar-refractivity contribution in [2.24, 2.45) is 5.92 Å². The van der Waals surface area contributed by atoms with Gasteiger partial charge in [0.05, 0.1) is 4.90 Å². The summed E-state index contributed by atoms with van der Waals surface area (Å²) in [7, 11) is -3.91. The van der Waals surface area contributed by atoms with E-state index in [0.29, 0.717) is 42.4 Å². The van der Waals surface area contributed by atoms with Crippen LogP contribution in [-0.4, -0.2) is 69.1 Å². The van der Waals surface area contributed by atoms with E-state index >= 15 is 0 Å². The minimum atomic E-state index is -5.98. The normalized spacial score (nSPS) is 20.8. The molecule has 6 nitrogen and oxygen atoms in total. The summed E-state index contributed by atoms with van der Waals surface area (Å²) >= 11 is 4.28. The number of benzene rings is 2. The fourth-order valence-electron chi connectivity index (χ4n) is 5.15. The predicted octanol–water partition coefficient (Wildman–Crippen LogP) is 4.98. The van der Waals surface area contributed by atoms with Crippen LogP contribution in [0.15, 0.2) is 58.3 Å². The highest BCUT2D eigenvalue weighted by Gasteiger charge is 2.71. The number of hydrogen-bond acceptors (Lipinski definition) is 6. The molecule has 216 valence electrons. The van der Waals surface area contributed by atoms with Gasteiger partial charge in [-0.05, 0) is 49.4 Å². The highest BCUT2D eigenvalue weighted by Crippen LogP contribution is 2.50. The molecular formula is C25H28F6N2O4S2. The molecule has 0 bridgehead atoms.